The van der Waals surface area contributed by atoms with Gasteiger partial charge in [-0.25, -0.2) is 4.79 Å². The van der Waals surface area contributed by atoms with E-state index in [0.717, 1.165) is 0 Å². The highest BCUT2D eigenvalue weighted by molar-refractivity contribution is 7.12. The number of ketones is 2. The third kappa shape index (κ3) is 6.42. The van der Waals surface area contributed by atoms with Gasteiger partial charge in [0.2, 0.25) is 5.91 Å². The van der Waals surface area contributed by atoms with Crippen LogP contribution in [0.25, 0.3) is 0 Å². The fourth-order valence-electron chi connectivity index (χ4n) is 4.37. The number of hydrogen-bond acceptors (Lipinski definition) is 8. The number of benzene rings is 3. The lowest BCUT2D eigenvalue weighted by Crippen LogP contribution is -2.28. The molecule has 3 aromatic carbocycles. The van der Waals surface area contributed by atoms with Crippen molar-refractivity contribution < 1.29 is 33.4 Å². The number of esters is 2. The number of nitrogens with zero attached hydrogens (tertiary/aromatic N) is 1. The molecule has 5 rings (SSSR count). The number of rotatable bonds is 9. The molecule has 1 amide bonds. The van der Waals surface area contributed by atoms with Crippen molar-refractivity contribution in [2.45, 2.75) is 6.42 Å². The van der Waals surface area contributed by atoms with E-state index in [1.807, 2.05) is 0 Å². The summed E-state index contributed by atoms with van der Waals surface area (Å²) in [5.74, 6) is -2.85. The van der Waals surface area contributed by atoms with Gasteiger partial charge in [-0.2, -0.15) is 0 Å². The molecule has 2 heterocycles. The van der Waals surface area contributed by atoms with Gasteiger partial charge in [-0.1, -0.05) is 48.0 Å². The summed E-state index contributed by atoms with van der Waals surface area (Å²) in [6.45, 7) is -0.524. The van der Waals surface area contributed by atoms with E-state index < -0.39 is 30.2 Å². The third-order valence-corrected chi connectivity index (χ3v) is 7.53. The Bertz CT molecular complexity index is 1620. The maximum absolute atomic E-state index is 13.2. The standard InChI is InChI=1S/C31H22ClNO7S/c32-22-10-13-25(24(16-22)29(36)20-5-2-1-3-6-20)33-17-21(15-28(33)35)30(37)39-18-26(34)19-8-11-23(12-9-19)40-31(38)27-7-4-14-41-27/h1-14,16,21H,15,17-18H2/t21-/m0/s1. The monoisotopic (exact) mass is 587 g/mol. The maximum atomic E-state index is 13.2. The van der Waals surface area contributed by atoms with Gasteiger partial charge in [0.05, 0.1) is 11.6 Å². The van der Waals surface area contributed by atoms with Gasteiger partial charge in [-0.05, 0) is 53.9 Å². The van der Waals surface area contributed by atoms with Crippen LogP contribution in [-0.2, 0) is 14.3 Å². The van der Waals surface area contributed by atoms with Crippen LogP contribution >= 0.6 is 22.9 Å². The number of carbonyl (C=O) groups excluding carboxylic acids is 5. The molecule has 1 fully saturated rings. The Balaban J connectivity index is 1.20. The first-order chi connectivity index (χ1) is 19.8. The fraction of sp³-hybridized carbons (Fsp3) is 0.129. The van der Waals surface area contributed by atoms with Crippen molar-refractivity contribution in [3.05, 3.63) is 117 Å². The number of hydrogen-bond donors (Lipinski definition) is 0. The van der Waals surface area contributed by atoms with E-state index in [9.17, 15) is 24.0 Å². The van der Waals surface area contributed by atoms with Crippen molar-refractivity contribution in [1.29, 1.82) is 0 Å². The molecule has 1 saturated heterocycles. The normalized spacial score (nSPS) is 14.5. The molecule has 1 atom stereocenters. The van der Waals surface area contributed by atoms with E-state index in [-0.39, 0.29) is 41.5 Å². The number of carbonyl (C=O) groups is 5. The minimum Gasteiger partial charge on any atom is -0.457 e. The third-order valence-electron chi connectivity index (χ3n) is 6.44. The Hall–Kier alpha value is -4.60. The minimum absolute atomic E-state index is 0.00708. The van der Waals surface area contributed by atoms with Gasteiger partial charge in [0.25, 0.3) is 0 Å². The molecule has 0 N–H and O–H groups in total. The van der Waals surface area contributed by atoms with E-state index >= 15 is 0 Å². The summed E-state index contributed by atoms with van der Waals surface area (Å²) in [5, 5.41) is 2.10. The van der Waals surface area contributed by atoms with Crippen molar-refractivity contribution in [3.63, 3.8) is 0 Å². The highest BCUT2D eigenvalue weighted by Crippen LogP contribution is 2.32. The zero-order valence-corrected chi connectivity index (χ0v) is 23.0. The topological polar surface area (TPSA) is 107 Å². The summed E-state index contributed by atoms with van der Waals surface area (Å²) >= 11 is 7.42. The molecule has 0 aliphatic carbocycles. The Labute approximate surface area is 244 Å². The number of ether oxygens (including phenoxy) is 2. The molecule has 0 spiro atoms. The molecule has 1 aromatic heterocycles. The quantitative estimate of drug-likeness (QED) is 0.142. The van der Waals surface area contributed by atoms with E-state index in [4.69, 9.17) is 21.1 Å². The number of thiophene rings is 1. The molecule has 206 valence electrons. The first kappa shape index (κ1) is 27.9. The second-order valence-electron chi connectivity index (χ2n) is 9.18. The second kappa shape index (κ2) is 12.3. The lowest BCUT2D eigenvalue weighted by molar-refractivity contribution is -0.147. The summed E-state index contributed by atoms with van der Waals surface area (Å²) in [6, 6.07) is 22.5. The van der Waals surface area contributed by atoms with Crippen LogP contribution in [0.1, 0.15) is 42.4 Å². The molecular weight excluding hydrogens is 566 g/mol. The molecule has 41 heavy (non-hydrogen) atoms. The molecule has 0 bridgehead atoms. The minimum atomic E-state index is -0.815. The number of amides is 1. The Morgan fingerprint density at radius 2 is 1.66 bits per heavy atom. The average molecular weight is 588 g/mol. The molecule has 0 radical (unpaired) electrons. The van der Waals surface area contributed by atoms with Crippen LogP contribution in [0.5, 0.6) is 5.75 Å². The van der Waals surface area contributed by atoms with Crippen molar-refractivity contribution >= 4 is 58.0 Å². The van der Waals surface area contributed by atoms with Crippen molar-refractivity contribution in [3.8, 4) is 5.75 Å². The number of Topliss-reactive ketones (excluding diaryl/α,β-unsaturated/α-hetero) is 1. The first-order valence-corrected chi connectivity index (χ1v) is 13.8. The molecule has 8 nitrogen and oxygen atoms in total. The predicted molar refractivity (Wildman–Crippen MR) is 153 cm³/mol. The van der Waals surface area contributed by atoms with Crippen molar-refractivity contribution in [2.75, 3.05) is 18.1 Å². The highest BCUT2D eigenvalue weighted by Gasteiger charge is 2.38. The van der Waals surface area contributed by atoms with Gasteiger partial charge in [-0.3, -0.25) is 19.2 Å². The molecular formula is C31H22ClNO7S. The zero-order valence-electron chi connectivity index (χ0n) is 21.5. The van der Waals surface area contributed by atoms with Crippen molar-refractivity contribution in [1.82, 2.24) is 0 Å². The van der Waals surface area contributed by atoms with E-state index in [1.165, 1.54) is 46.6 Å². The molecule has 1 aliphatic rings. The van der Waals surface area contributed by atoms with Crippen LogP contribution in [0.15, 0.2) is 90.3 Å². The summed E-state index contributed by atoms with van der Waals surface area (Å²) in [6.07, 6.45) is -0.126. The van der Waals surface area contributed by atoms with E-state index in [1.54, 1.807) is 60.0 Å². The van der Waals surface area contributed by atoms with Crippen LogP contribution in [0.2, 0.25) is 5.02 Å². The maximum Gasteiger partial charge on any atom is 0.353 e. The average Bonchev–Trinajstić information content (AvgIpc) is 3.67. The number of halogens is 1. The summed E-state index contributed by atoms with van der Waals surface area (Å²) < 4.78 is 10.5. The summed E-state index contributed by atoms with van der Waals surface area (Å²) in [7, 11) is 0. The van der Waals surface area contributed by atoms with Crippen LogP contribution in [-0.4, -0.2) is 42.6 Å². The van der Waals surface area contributed by atoms with Crippen LogP contribution < -0.4 is 9.64 Å². The first-order valence-electron chi connectivity index (χ1n) is 12.6. The lowest BCUT2D eigenvalue weighted by Gasteiger charge is -2.20. The lowest BCUT2D eigenvalue weighted by atomic mass is 10.0. The molecule has 10 heteroatoms. The largest absolute Gasteiger partial charge is 0.457 e. The Morgan fingerprint density at radius 3 is 2.37 bits per heavy atom. The van der Waals surface area contributed by atoms with E-state index in [0.29, 0.717) is 21.2 Å². The zero-order chi connectivity index (χ0) is 28.9. The van der Waals surface area contributed by atoms with Gasteiger partial charge in [0, 0.05) is 34.7 Å². The van der Waals surface area contributed by atoms with Gasteiger partial charge in [0.15, 0.2) is 18.2 Å². The summed E-state index contributed by atoms with van der Waals surface area (Å²) in [5.41, 5.74) is 1.29. The van der Waals surface area contributed by atoms with Gasteiger partial charge >= 0.3 is 11.9 Å². The van der Waals surface area contributed by atoms with Crippen molar-refractivity contribution in [2.24, 2.45) is 5.92 Å². The second-order valence-corrected chi connectivity index (χ2v) is 10.6. The smallest absolute Gasteiger partial charge is 0.353 e. The molecule has 0 unspecified atom stereocenters. The fourth-order valence-corrected chi connectivity index (χ4v) is 5.14. The van der Waals surface area contributed by atoms with Gasteiger partial charge in [0.1, 0.15) is 10.6 Å². The van der Waals surface area contributed by atoms with Gasteiger partial charge in [-0.15, -0.1) is 11.3 Å². The Morgan fingerprint density at radius 1 is 0.902 bits per heavy atom. The Kier molecular flexibility index (Phi) is 8.37. The van der Waals surface area contributed by atoms with Crippen LogP contribution in [0.4, 0.5) is 5.69 Å². The van der Waals surface area contributed by atoms with Gasteiger partial charge < -0.3 is 14.4 Å². The summed E-state index contributed by atoms with van der Waals surface area (Å²) in [4.78, 5) is 65.4. The molecule has 4 aromatic rings. The van der Waals surface area contributed by atoms with Crippen LogP contribution in [0.3, 0.4) is 0 Å². The molecule has 1 aliphatic heterocycles. The van der Waals surface area contributed by atoms with Crippen LogP contribution in [0, 0.1) is 5.92 Å². The highest BCUT2D eigenvalue weighted by atomic mass is 35.5. The number of anilines is 1. The molecule has 0 saturated carbocycles. The predicted octanol–water partition coefficient (Wildman–Crippen LogP) is 5.63. The SMILES string of the molecule is O=C(COC(=O)[C@H]1CC(=O)N(c2ccc(Cl)cc2C(=O)c2ccccc2)C1)c1ccc(OC(=O)c2cccs2)cc1. The van der Waals surface area contributed by atoms with E-state index in [2.05, 4.69) is 0 Å².